The highest BCUT2D eigenvalue weighted by Crippen LogP contribution is 2.34. The normalized spacial score (nSPS) is 13.2. The Morgan fingerprint density at radius 1 is 0.882 bits per heavy atom. The van der Waals surface area contributed by atoms with Gasteiger partial charge in [0.15, 0.2) is 0 Å². The van der Waals surface area contributed by atoms with Crippen LogP contribution in [-0.4, -0.2) is 5.91 Å². The highest BCUT2D eigenvalue weighted by molar-refractivity contribution is 5.90. The van der Waals surface area contributed by atoms with Gasteiger partial charge >= 0.3 is 0 Å². The van der Waals surface area contributed by atoms with Gasteiger partial charge in [0, 0.05) is 12.1 Å². The van der Waals surface area contributed by atoms with Crippen molar-refractivity contribution < 1.29 is 9.53 Å². The molecule has 180 valence electrons. The minimum atomic E-state index is 0.0726. The van der Waals surface area contributed by atoms with Crippen LogP contribution in [0, 0.1) is 17.3 Å². The molecule has 3 nitrogen and oxygen atoms in total. The van der Waals surface area contributed by atoms with Crippen LogP contribution < -0.4 is 10.1 Å². The van der Waals surface area contributed by atoms with Gasteiger partial charge in [-0.3, -0.25) is 4.79 Å². The smallest absolute Gasteiger partial charge is 0.224 e. The fourth-order valence-corrected chi connectivity index (χ4v) is 4.46. The van der Waals surface area contributed by atoms with Gasteiger partial charge in [0.05, 0.1) is 0 Å². The first-order chi connectivity index (χ1) is 16.2. The van der Waals surface area contributed by atoms with Gasteiger partial charge in [-0.15, -0.1) is 0 Å². The lowest BCUT2D eigenvalue weighted by molar-refractivity contribution is -0.117. The average molecular weight is 458 g/mol. The number of benzene rings is 3. The molecule has 0 bridgehead atoms. The highest BCUT2D eigenvalue weighted by Gasteiger charge is 2.25. The number of amides is 1. The molecule has 2 atom stereocenters. The molecular formula is C31H39NO2. The molecule has 0 saturated carbocycles. The molecule has 1 N–H and O–H groups in total. The molecule has 3 rings (SSSR count). The topological polar surface area (TPSA) is 38.3 Å². The van der Waals surface area contributed by atoms with E-state index >= 15 is 0 Å². The molecule has 0 aliphatic carbocycles. The second-order valence-electron chi connectivity index (χ2n) is 10.4. The van der Waals surface area contributed by atoms with Crippen LogP contribution in [-0.2, 0) is 11.4 Å². The van der Waals surface area contributed by atoms with Crippen molar-refractivity contribution in [2.24, 2.45) is 17.3 Å². The summed E-state index contributed by atoms with van der Waals surface area (Å²) in [6.45, 7) is 11.8. The van der Waals surface area contributed by atoms with Crippen molar-refractivity contribution in [3.05, 3.63) is 84.4 Å². The maximum Gasteiger partial charge on any atom is 0.224 e. The van der Waals surface area contributed by atoms with Crippen molar-refractivity contribution in [1.29, 1.82) is 0 Å². The van der Waals surface area contributed by atoms with E-state index in [1.54, 1.807) is 0 Å². The van der Waals surface area contributed by atoms with Crippen LogP contribution in [0.25, 0.3) is 11.1 Å². The van der Waals surface area contributed by atoms with Gasteiger partial charge in [0.2, 0.25) is 5.91 Å². The quantitative estimate of drug-likeness (QED) is 0.332. The third-order valence-corrected chi connectivity index (χ3v) is 6.54. The lowest BCUT2D eigenvalue weighted by Crippen LogP contribution is -2.24. The van der Waals surface area contributed by atoms with Crippen molar-refractivity contribution in [2.75, 3.05) is 5.32 Å². The van der Waals surface area contributed by atoms with Crippen LogP contribution in [0.2, 0.25) is 0 Å². The Morgan fingerprint density at radius 3 is 2.09 bits per heavy atom. The number of carbonyl (C=O) groups excluding carboxylic acids is 1. The van der Waals surface area contributed by atoms with Gasteiger partial charge in [0.25, 0.3) is 0 Å². The Bertz CT molecular complexity index is 1020. The summed E-state index contributed by atoms with van der Waals surface area (Å²) >= 11 is 0. The first-order valence-corrected chi connectivity index (χ1v) is 12.4. The molecule has 0 aliphatic rings. The van der Waals surface area contributed by atoms with Crippen molar-refractivity contribution in [3.8, 4) is 16.9 Å². The van der Waals surface area contributed by atoms with E-state index in [0.29, 0.717) is 24.9 Å². The van der Waals surface area contributed by atoms with Crippen molar-refractivity contribution in [2.45, 2.75) is 60.5 Å². The number of anilines is 1. The SMILES string of the molecule is CCC(CC(C)CC(=O)Nc1ccc(OCc2ccc(-c3ccccc3)cc2)cc1)C(C)(C)C. The summed E-state index contributed by atoms with van der Waals surface area (Å²) in [5, 5.41) is 3.03. The summed E-state index contributed by atoms with van der Waals surface area (Å²) in [5.41, 5.74) is 4.61. The zero-order valence-electron chi connectivity index (χ0n) is 21.3. The molecule has 0 aromatic heterocycles. The lowest BCUT2D eigenvalue weighted by atomic mass is 9.74. The van der Waals surface area contributed by atoms with E-state index in [9.17, 15) is 4.79 Å². The maximum absolute atomic E-state index is 12.5. The molecule has 0 saturated heterocycles. The number of ether oxygens (including phenoxy) is 1. The van der Waals surface area contributed by atoms with Crippen molar-refractivity contribution in [3.63, 3.8) is 0 Å². The summed E-state index contributed by atoms with van der Waals surface area (Å²) in [6.07, 6.45) is 2.77. The molecule has 3 heteroatoms. The highest BCUT2D eigenvalue weighted by atomic mass is 16.5. The van der Waals surface area contributed by atoms with E-state index in [-0.39, 0.29) is 11.3 Å². The summed E-state index contributed by atoms with van der Waals surface area (Å²) in [6, 6.07) is 26.4. The Kier molecular flexibility index (Phi) is 8.92. The van der Waals surface area contributed by atoms with E-state index in [4.69, 9.17) is 4.74 Å². The Balaban J connectivity index is 1.46. The molecule has 0 radical (unpaired) electrons. The first-order valence-electron chi connectivity index (χ1n) is 12.4. The zero-order valence-corrected chi connectivity index (χ0v) is 21.3. The standard InChI is InChI=1S/C31H39NO2/c1-6-27(31(3,4)5)20-23(2)21-30(33)32-28-16-18-29(19-17-28)34-22-24-12-14-26(15-13-24)25-10-8-7-9-11-25/h7-19,23,27H,6,20-22H2,1-5H3,(H,32,33). The van der Waals surface area contributed by atoms with E-state index < -0.39 is 0 Å². The van der Waals surface area contributed by atoms with Crippen LogP contribution in [0.4, 0.5) is 5.69 Å². The minimum absolute atomic E-state index is 0.0726. The molecule has 0 aliphatic heterocycles. The Labute approximate surface area is 205 Å². The Morgan fingerprint density at radius 2 is 1.50 bits per heavy atom. The van der Waals surface area contributed by atoms with Gasteiger partial charge < -0.3 is 10.1 Å². The summed E-state index contributed by atoms with van der Waals surface area (Å²) < 4.78 is 5.94. The fourth-order valence-electron chi connectivity index (χ4n) is 4.46. The molecule has 3 aromatic carbocycles. The van der Waals surface area contributed by atoms with Crippen LogP contribution in [0.3, 0.4) is 0 Å². The number of rotatable bonds is 10. The molecule has 3 aromatic rings. The summed E-state index contributed by atoms with van der Waals surface area (Å²) in [7, 11) is 0. The summed E-state index contributed by atoms with van der Waals surface area (Å²) in [4.78, 5) is 12.5. The number of hydrogen-bond donors (Lipinski definition) is 1. The van der Waals surface area contributed by atoms with Gasteiger partial charge in [-0.05, 0) is 64.6 Å². The van der Waals surface area contributed by atoms with Gasteiger partial charge in [-0.1, -0.05) is 95.6 Å². The predicted octanol–water partition coefficient (Wildman–Crippen LogP) is 8.36. The second kappa shape index (κ2) is 11.9. The predicted molar refractivity (Wildman–Crippen MR) is 143 cm³/mol. The first kappa shape index (κ1) is 25.6. The van der Waals surface area contributed by atoms with E-state index in [1.165, 1.54) is 11.1 Å². The third kappa shape index (κ3) is 7.76. The van der Waals surface area contributed by atoms with Gasteiger partial charge in [-0.2, -0.15) is 0 Å². The number of carbonyl (C=O) groups is 1. The molecular weight excluding hydrogens is 418 g/mol. The van der Waals surface area contributed by atoms with Crippen LogP contribution in [0.5, 0.6) is 5.75 Å². The molecule has 2 unspecified atom stereocenters. The Hall–Kier alpha value is -3.07. The van der Waals surface area contributed by atoms with E-state index in [1.807, 2.05) is 42.5 Å². The van der Waals surface area contributed by atoms with Crippen molar-refractivity contribution in [1.82, 2.24) is 0 Å². The third-order valence-electron chi connectivity index (χ3n) is 6.54. The van der Waals surface area contributed by atoms with Crippen LogP contribution >= 0.6 is 0 Å². The molecule has 34 heavy (non-hydrogen) atoms. The fraction of sp³-hybridized carbons (Fsp3) is 0.387. The monoisotopic (exact) mass is 457 g/mol. The van der Waals surface area contributed by atoms with Gasteiger partial charge in [-0.25, -0.2) is 0 Å². The molecule has 0 spiro atoms. The second-order valence-corrected chi connectivity index (χ2v) is 10.4. The summed E-state index contributed by atoms with van der Waals surface area (Å²) in [5.74, 6) is 1.85. The number of hydrogen-bond acceptors (Lipinski definition) is 2. The zero-order chi connectivity index (χ0) is 24.6. The largest absolute Gasteiger partial charge is 0.489 e. The average Bonchev–Trinajstić information content (AvgIpc) is 2.82. The number of nitrogens with one attached hydrogen (secondary N) is 1. The van der Waals surface area contributed by atoms with Crippen LogP contribution in [0.1, 0.15) is 59.4 Å². The lowest BCUT2D eigenvalue weighted by Gasteiger charge is -2.32. The molecule has 0 heterocycles. The van der Waals surface area contributed by atoms with Gasteiger partial charge in [0.1, 0.15) is 12.4 Å². The van der Waals surface area contributed by atoms with Crippen LogP contribution in [0.15, 0.2) is 78.9 Å². The minimum Gasteiger partial charge on any atom is -0.489 e. The van der Waals surface area contributed by atoms with Crippen molar-refractivity contribution >= 4 is 11.6 Å². The maximum atomic E-state index is 12.5. The molecule has 1 amide bonds. The molecule has 0 fully saturated rings. The van der Waals surface area contributed by atoms with E-state index in [2.05, 4.69) is 76.3 Å². The van der Waals surface area contributed by atoms with E-state index in [0.717, 1.165) is 29.8 Å².